The van der Waals surface area contributed by atoms with Crippen molar-refractivity contribution < 1.29 is 14.3 Å². The topological polar surface area (TPSA) is 61.2 Å². The molecule has 13 heavy (non-hydrogen) atoms. The van der Waals surface area contributed by atoms with Crippen LogP contribution in [0.5, 0.6) is 0 Å². The van der Waals surface area contributed by atoms with Crippen molar-refractivity contribution in [3.8, 4) is 0 Å². The highest BCUT2D eigenvalue weighted by molar-refractivity contribution is 5.72. The monoisotopic (exact) mass is 182 g/mol. The third kappa shape index (κ3) is 2.70. The predicted molar refractivity (Wildman–Crippen MR) is 44.2 cm³/mol. The molecular weight excluding hydrogens is 172 g/mol. The fourth-order valence-corrected chi connectivity index (χ4v) is 0.880. The van der Waals surface area contributed by atoms with Gasteiger partial charge in [-0.2, -0.15) is 0 Å². The van der Waals surface area contributed by atoms with Gasteiger partial charge in [-0.1, -0.05) is 0 Å². The maximum Gasteiger partial charge on any atom is 0.325 e. The molecule has 0 spiro atoms. The molecule has 0 atom stereocenters. The summed E-state index contributed by atoms with van der Waals surface area (Å²) in [5.74, 6) is -0.336. The van der Waals surface area contributed by atoms with Crippen molar-refractivity contribution in [1.82, 2.24) is 9.55 Å². The van der Waals surface area contributed by atoms with Crippen molar-refractivity contribution in [3.05, 3.63) is 18.2 Å². The van der Waals surface area contributed by atoms with Gasteiger partial charge in [0.25, 0.3) is 0 Å². The molecule has 0 unspecified atom stereocenters. The van der Waals surface area contributed by atoms with Crippen molar-refractivity contribution in [2.75, 3.05) is 6.61 Å². The number of hydrogen-bond donors (Lipinski definition) is 0. The molecule has 0 N–H and O–H groups in total. The first-order valence-electron chi connectivity index (χ1n) is 3.89. The molecule has 70 valence electrons. The van der Waals surface area contributed by atoms with Crippen LogP contribution in [-0.2, 0) is 16.1 Å². The van der Waals surface area contributed by atoms with Crippen LogP contribution in [-0.4, -0.2) is 28.4 Å². The minimum Gasteiger partial charge on any atom is -0.465 e. The highest BCUT2D eigenvalue weighted by Gasteiger charge is 2.03. The number of rotatable bonds is 4. The summed E-state index contributed by atoms with van der Waals surface area (Å²) in [6.07, 6.45) is 3.53. The summed E-state index contributed by atoms with van der Waals surface area (Å²) in [7, 11) is 0. The van der Waals surface area contributed by atoms with E-state index in [0.717, 1.165) is 0 Å². The Morgan fingerprint density at radius 3 is 3.08 bits per heavy atom. The molecule has 0 radical (unpaired) electrons. The lowest BCUT2D eigenvalue weighted by molar-refractivity contribution is -0.143. The molecule has 0 saturated heterocycles. The lowest BCUT2D eigenvalue weighted by Crippen LogP contribution is -2.11. The van der Waals surface area contributed by atoms with Gasteiger partial charge in [-0.3, -0.25) is 9.59 Å². The lowest BCUT2D eigenvalue weighted by atomic mass is 10.5. The van der Waals surface area contributed by atoms with Crippen LogP contribution in [0, 0.1) is 0 Å². The molecule has 0 aliphatic rings. The molecule has 0 aliphatic heterocycles. The molecule has 1 aromatic rings. The van der Waals surface area contributed by atoms with Gasteiger partial charge in [0, 0.05) is 6.20 Å². The number of aldehydes is 1. The van der Waals surface area contributed by atoms with Crippen LogP contribution < -0.4 is 0 Å². The first-order valence-corrected chi connectivity index (χ1v) is 3.89. The standard InChI is InChI=1S/C8H10N2O3/c1-2-13-8(12)4-10-3-7(5-11)9-6-10/h3,5-6H,2,4H2,1H3. The second kappa shape index (κ2) is 4.39. The van der Waals surface area contributed by atoms with E-state index in [1.54, 1.807) is 6.92 Å². The van der Waals surface area contributed by atoms with E-state index in [4.69, 9.17) is 4.74 Å². The molecule has 0 aromatic carbocycles. The molecule has 5 heteroatoms. The van der Waals surface area contributed by atoms with Gasteiger partial charge in [0.15, 0.2) is 6.29 Å². The fourth-order valence-electron chi connectivity index (χ4n) is 0.880. The molecule has 1 rings (SSSR count). The summed E-state index contributed by atoms with van der Waals surface area (Å²) in [4.78, 5) is 24.9. The van der Waals surface area contributed by atoms with Gasteiger partial charge in [-0.15, -0.1) is 0 Å². The Balaban J connectivity index is 2.53. The van der Waals surface area contributed by atoms with Crippen LogP contribution in [0.3, 0.4) is 0 Å². The molecule has 0 aliphatic carbocycles. The van der Waals surface area contributed by atoms with Crippen molar-refractivity contribution in [1.29, 1.82) is 0 Å². The van der Waals surface area contributed by atoms with Crippen molar-refractivity contribution in [2.24, 2.45) is 0 Å². The van der Waals surface area contributed by atoms with E-state index in [1.165, 1.54) is 17.1 Å². The number of aromatic nitrogens is 2. The van der Waals surface area contributed by atoms with E-state index >= 15 is 0 Å². The average Bonchev–Trinajstić information content (AvgIpc) is 2.52. The van der Waals surface area contributed by atoms with Crippen LogP contribution in [0.4, 0.5) is 0 Å². The Morgan fingerprint density at radius 2 is 2.54 bits per heavy atom. The fraction of sp³-hybridized carbons (Fsp3) is 0.375. The maximum atomic E-state index is 11.0. The van der Waals surface area contributed by atoms with Gasteiger partial charge in [0.05, 0.1) is 12.9 Å². The third-order valence-corrected chi connectivity index (χ3v) is 1.39. The number of imidazole rings is 1. The molecule has 5 nitrogen and oxygen atoms in total. The van der Waals surface area contributed by atoms with E-state index in [9.17, 15) is 9.59 Å². The third-order valence-electron chi connectivity index (χ3n) is 1.39. The summed E-state index contributed by atoms with van der Waals surface area (Å²) in [5, 5.41) is 0. The molecular formula is C8H10N2O3. The van der Waals surface area contributed by atoms with Crippen molar-refractivity contribution in [2.45, 2.75) is 13.5 Å². The van der Waals surface area contributed by atoms with Crippen LogP contribution in [0.25, 0.3) is 0 Å². The predicted octanol–water partition coefficient (Wildman–Crippen LogP) is 0.259. The van der Waals surface area contributed by atoms with Crippen LogP contribution in [0.2, 0.25) is 0 Å². The van der Waals surface area contributed by atoms with Crippen LogP contribution in [0.15, 0.2) is 12.5 Å². The molecule has 1 aromatic heterocycles. The van der Waals surface area contributed by atoms with Gasteiger partial charge >= 0.3 is 5.97 Å². The summed E-state index contributed by atoms with van der Waals surface area (Å²) < 4.78 is 6.21. The van der Waals surface area contributed by atoms with Crippen LogP contribution >= 0.6 is 0 Å². The first-order chi connectivity index (χ1) is 6.26. The number of ether oxygens (including phenoxy) is 1. The van der Waals surface area contributed by atoms with E-state index in [-0.39, 0.29) is 12.5 Å². The van der Waals surface area contributed by atoms with E-state index in [1.807, 2.05) is 0 Å². The van der Waals surface area contributed by atoms with E-state index in [0.29, 0.717) is 18.6 Å². The quantitative estimate of drug-likeness (QED) is 0.495. The highest BCUT2D eigenvalue weighted by atomic mass is 16.5. The Kier molecular flexibility index (Phi) is 3.19. The average molecular weight is 182 g/mol. The SMILES string of the molecule is CCOC(=O)Cn1cnc(C=O)c1. The zero-order valence-electron chi connectivity index (χ0n) is 7.27. The number of hydrogen-bond acceptors (Lipinski definition) is 4. The van der Waals surface area contributed by atoms with E-state index in [2.05, 4.69) is 4.98 Å². The number of nitrogens with zero attached hydrogens (tertiary/aromatic N) is 2. The van der Waals surface area contributed by atoms with Gasteiger partial charge in [-0.25, -0.2) is 4.98 Å². The summed E-state index contributed by atoms with van der Waals surface area (Å²) in [6, 6.07) is 0. The van der Waals surface area contributed by atoms with Crippen LogP contribution in [0.1, 0.15) is 17.4 Å². The summed E-state index contributed by atoms with van der Waals surface area (Å²) >= 11 is 0. The molecule has 1 heterocycles. The zero-order chi connectivity index (χ0) is 9.68. The highest BCUT2D eigenvalue weighted by Crippen LogP contribution is 1.93. The first kappa shape index (κ1) is 9.44. The Morgan fingerprint density at radius 1 is 1.77 bits per heavy atom. The Hall–Kier alpha value is -1.65. The number of carbonyl (C=O) groups is 2. The molecule has 0 saturated carbocycles. The second-order valence-electron chi connectivity index (χ2n) is 2.39. The normalized spacial score (nSPS) is 9.62. The Bertz CT molecular complexity index is 306. The van der Waals surface area contributed by atoms with Crippen molar-refractivity contribution >= 4 is 12.3 Å². The van der Waals surface area contributed by atoms with Gasteiger partial charge in [0.2, 0.25) is 0 Å². The smallest absolute Gasteiger partial charge is 0.325 e. The Labute approximate surface area is 75.3 Å². The summed E-state index contributed by atoms with van der Waals surface area (Å²) in [5.41, 5.74) is 0.310. The minimum absolute atomic E-state index is 0.0919. The summed E-state index contributed by atoms with van der Waals surface area (Å²) in [6.45, 7) is 2.19. The van der Waals surface area contributed by atoms with Gasteiger partial charge in [-0.05, 0) is 6.92 Å². The van der Waals surface area contributed by atoms with E-state index < -0.39 is 0 Å². The second-order valence-corrected chi connectivity index (χ2v) is 2.39. The van der Waals surface area contributed by atoms with Gasteiger partial charge in [0.1, 0.15) is 12.2 Å². The van der Waals surface area contributed by atoms with Crippen molar-refractivity contribution in [3.63, 3.8) is 0 Å². The number of carbonyl (C=O) groups excluding carboxylic acids is 2. The van der Waals surface area contributed by atoms with Gasteiger partial charge < -0.3 is 9.30 Å². The minimum atomic E-state index is -0.336. The zero-order valence-corrected chi connectivity index (χ0v) is 7.27. The lowest BCUT2D eigenvalue weighted by Gasteiger charge is -2.00. The molecule has 0 fully saturated rings. The molecule has 0 bridgehead atoms. The largest absolute Gasteiger partial charge is 0.465 e. The maximum absolute atomic E-state index is 11.0. The molecule has 0 amide bonds. The number of esters is 1.